The van der Waals surface area contributed by atoms with Gasteiger partial charge in [0, 0.05) is 0 Å². The van der Waals surface area contributed by atoms with Crippen molar-refractivity contribution in [1.29, 1.82) is 0 Å². The minimum atomic E-state index is 0.719. The number of rotatable bonds is 0. The Morgan fingerprint density at radius 1 is 1.67 bits per heavy atom. The van der Waals surface area contributed by atoms with Gasteiger partial charge in [0.1, 0.15) is 0 Å². The Balaban J connectivity index is 2.61. The maximum absolute atomic E-state index is 2.24. The first-order chi connectivity index (χ1) is 2.89. The molecule has 0 fully saturated rings. The maximum atomic E-state index is 2.24. The second kappa shape index (κ2) is 2.75. The van der Waals surface area contributed by atoms with Gasteiger partial charge >= 0.3 is 87.6 Å². The Morgan fingerprint density at radius 3 is 2.67 bits per heavy atom. The molecule has 0 atom stereocenters. The van der Waals surface area contributed by atoms with Crippen molar-refractivity contribution in [1.82, 2.24) is 0 Å². The zero-order chi connectivity index (χ0) is 4.41. The number of allylic oxidation sites excluding steroid dienone is 4. The minimum absolute atomic E-state index is 0.719. The molecule has 0 unspecified atom stereocenters. The monoisotopic (exact) mass is 198 g/mol. The van der Waals surface area contributed by atoms with Crippen LogP contribution in [0.3, 0.4) is 0 Å². The SMILES string of the molecule is [Cs][C]1=CC=CC1. The molecule has 0 nitrogen and oxygen atoms in total. The van der Waals surface area contributed by atoms with Crippen molar-refractivity contribution < 1.29 is 0 Å². The van der Waals surface area contributed by atoms with Gasteiger partial charge in [0.25, 0.3) is 0 Å². The van der Waals surface area contributed by atoms with E-state index < -0.39 is 0 Å². The van der Waals surface area contributed by atoms with Crippen LogP contribution < -0.4 is 0 Å². The Bertz CT molecular complexity index is 101. The standard InChI is InChI=1S/C5H5.Cs/c1-2-4-5-3-1;/h1-3H,4H2;. The normalized spacial score (nSPS) is 18.7. The zero-order valence-electron chi connectivity index (χ0n) is 3.94. The van der Waals surface area contributed by atoms with Gasteiger partial charge < -0.3 is 0 Å². The van der Waals surface area contributed by atoms with E-state index in [1.165, 1.54) is 6.42 Å². The van der Waals surface area contributed by atoms with Gasteiger partial charge in [-0.25, -0.2) is 0 Å². The molecule has 0 aromatic rings. The van der Waals surface area contributed by atoms with Crippen LogP contribution in [0.25, 0.3) is 0 Å². The van der Waals surface area contributed by atoms with Crippen LogP contribution in [0.15, 0.2) is 15.2 Å². The molecule has 0 spiro atoms. The average Bonchev–Trinajstić information content (AvgIpc) is 1.86. The van der Waals surface area contributed by atoms with Crippen LogP contribution in [0.1, 0.15) is 6.42 Å². The summed E-state index contributed by atoms with van der Waals surface area (Å²) in [6.45, 7) is 0. The fourth-order valence-corrected chi connectivity index (χ4v) is 1.90. The molecule has 0 saturated heterocycles. The van der Waals surface area contributed by atoms with Crippen LogP contribution in [-0.2, 0) is 0 Å². The van der Waals surface area contributed by atoms with E-state index in [1.807, 2.05) is 0 Å². The Morgan fingerprint density at radius 2 is 2.50 bits per heavy atom. The van der Waals surface area contributed by atoms with Crippen LogP contribution in [0.5, 0.6) is 0 Å². The summed E-state index contributed by atoms with van der Waals surface area (Å²) in [4.78, 5) is 0. The van der Waals surface area contributed by atoms with Crippen molar-refractivity contribution in [2.24, 2.45) is 0 Å². The molecule has 0 heterocycles. The third kappa shape index (κ3) is 1.56. The molecule has 0 radical (unpaired) electrons. The molecule has 0 aliphatic heterocycles. The van der Waals surface area contributed by atoms with Crippen molar-refractivity contribution in [3.63, 3.8) is 0 Å². The summed E-state index contributed by atoms with van der Waals surface area (Å²) in [5.41, 5.74) is 0. The molecule has 0 saturated carbocycles. The van der Waals surface area contributed by atoms with E-state index in [0.29, 0.717) is 0 Å². The summed E-state index contributed by atoms with van der Waals surface area (Å²) in [5, 5.41) is 0. The summed E-state index contributed by atoms with van der Waals surface area (Å²) < 4.78 is 1.69. The van der Waals surface area contributed by atoms with Crippen LogP contribution in [0.4, 0.5) is 0 Å². The van der Waals surface area contributed by atoms with Crippen molar-refractivity contribution >= 4 is 65.9 Å². The van der Waals surface area contributed by atoms with Crippen LogP contribution >= 0.6 is 0 Å². The quantitative estimate of drug-likeness (QED) is 0.544. The van der Waals surface area contributed by atoms with Gasteiger partial charge in [0.15, 0.2) is 0 Å². The van der Waals surface area contributed by atoms with Crippen LogP contribution in [0, 0.1) is 0 Å². The van der Waals surface area contributed by atoms with E-state index >= 15 is 0 Å². The van der Waals surface area contributed by atoms with E-state index in [9.17, 15) is 0 Å². The van der Waals surface area contributed by atoms with Crippen molar-refractivity contribution in [3.8, 4) is 0 Å². The van der Waals surface area contributed by atoms with E-state index in [2.05, 4.69) is 18.2 Å². The molecule has 1 heteroatoms. The summed E-state index contributed by atoms with van der Waals surface area (Å²) in [7, 11) is 0. The summed E-state index contributed by atoms with van der Waals surface area (Å²) >= 11 is 0.719. The molecule has 1 aliphatic rings. The fourth-order valence-electron chi connectivity index (χ4n) is 0.554. The van der Waals surface area contributed by atoms with Gasteiger partial charge in [-0.15, -0.1) is 0 Å². The molecule has 1 aliphatic carbocycles. The Labute approximate surface area is 85.1 Å². The van der Waals surface area contributed by atoms with Gasteiger partial charge in [0.2, 0.25) is 0 Å². The Hall–Kier alpha value is 1.53. The third-order valence-electron chi connectivity index (χ3n) is 0.957. The van der Waals surface area contributed by atoms with Crippen molar-refractivity contribution in [2.45, 2.75) is 6.42 Å². The van der Waals surface area contributed by atoms with Gasteiger partial charge in [-0.1, -0.05) is 0 Å². The number of hydrogen-bond acceptors (Lipinski definition) is 0. The van der Waals surface area contributed by atoms with Gasteiger partial charge in [-0.05, 0) is 0 Å². The second-order valence-electron chi connectivity index (χ2n) is 1.65. The topological polar surface area (TPSA) is 0 Å². The van der Waals surface area contributed by atoms with Crippen molar-refractivity contribution in [3.05, 3.63) is 15.2 Å². The third-order valence-corrected chi connectivity index (χ3v) is 3.29. The molecule has 0 aromatic carbocycles. The second-order valence-corrected chi connectivity index (χ2v) is 5.68. The van der Waals surface area contributed by atoms with E-state index in [-0.39, 0.29) is 0 Å². The zero-order valence-corrected chi connectivity index (χ0v) is 10.2. The average molecular weight is 198 g/mol. The van der Waals surface area contributed by atoms with E-state index in [4.69, 9.17) is 0 Å². The first-order valence-corrected chi connectivity index (χ1v) is 5.36. The first-order valence-electron chi connectivity index (χ1n) is 2.22. The molecule has 6 heavy (non-hydrogen) atoms. The number of hydrogen-bond donors (Lipinski definition) is 0. The first kappa shape index (κ1) is 5.66. The summed E-state index contributed by atoms with van der Waals surface area (Å²) in [6.07, 6.45) is 7.87. The van der Waals surface area contributed by atoms with Gasteiger partial charge in [-0.3, -0.25) is 0 Å². The molecule has 1 rings (SSSR count). The van der Waals surface area contributed by atoms with Gasteiger partial charge in [0.05, 0.1) is 0 Å². The Kier molecular flexibility index (Phi) is 2.59. The molecule has 0 amide bonds. The molecule has 0 bridgehead atoms. The van der Waals surface area contributed by atoms with Crippen LogP contribution in [-0.4, -0.2) is 65.9 Å². The predicted octanol–water partition coefficient (Wildman–Crippen LogP) is 0.999. The molecular weight excluding hydrogens is 193 g/mol. The van der Waals surface area contributed by atoms with E-state index in [0.717, 1.165) is 65.9 Å². The van der Waals surface area contributed by atoms with Crippen LogP contribution in [0.2, 0.25) is 0 Å². The molecule has 0 N–H and O–H groups in total. The predicted molar refractivity (Wildman–Crippen MR) is 27.6 cm³/mol. The molecule has 0 aromatic heterocycles. The van der Waals surface area contributed by atoms with Gasteiger partial charge in [-0.2, -0.15) is 0 Å². The van der Waals surface area contributed by atoms with E-state index in [1.54, 1.807) is -3.00 Å². The molecule has 26 valence electrons. The van der Waals surface area contributed by atoms with Crippen molar-refractivity contribution in [2.75, 3.05) is 0 Å². The summed E-state index contributed by atoms with van der Waals surface area (Å²) in [6, 6.07) is 0. The molecular formula is C5H5Cs. The fraction of sp³-hybridized carbons (Fsp3) is 0.200. The summed E-state index contributed by atoms with van der Waals surface area (Å²) in [5.74, 6) is 0.